The van der Waals surface area contributed by atoms with Crippen molar-refractivity contribution in [2.24, 2.45) is 5.92 Å². The van der Waals surface area contributed by atoms with Crippen LogP contribution >= 0.6 is 11.8 Å². The van der Waals surface area contributed by atoms with Crippen molar-refractivity contribution >= 4 is 33.5 Å². The van der Waals surface area contributed by atoms with E-state index >= 15 is 0 Å². The van der Waals surface area contributed by atoms with E-state index in [0.29, 0.717) is 11.4 Å². The van der Waals surface area contributed by atoms with Crippen LogP contribution in [0.1, 0.15) is 25.1 Å². The molecule has 0 radical (unpaired) electrons. The zero-order valence-electron chi connectivity index (χ0n) is 14.6. The minimum absolute atomic E-state index is 0.0316. The second-order valence-electron chi connectivity index (χ2n) is 5.74. The van der Waals surface area contributed by atoms with E-state index in [1.807, 2.05) is 32.9 Å². The van der Waals surface area contributed by atoms with Crippen molar-refractivity contribution in [3.63, 3.8) is 0 Å². The van der Waals surface area contributed by atoms with Gasteiger partial charge in [-0.2, -0.15) is 0 Å². The molecule has 0 aliphatic rings. The highest BCUT2D eigenvalue weighted by Crippen LogP contribution is 2.33. The van der Waals surface area contributed by atoms with Gasteiger partial charge in [0.25, 0.3) is 0 Å². The number of thioether (sulfide) groups is 1. The third-order valence-electron chi connectivity index (χ3n) is 3.82. The number of nitrogens with zero attached hydrogens (tertiary/aromatic N) is 1. The molecule has 1 heterocycles. The molecule has 0 fully saturated rings. The monoisotopic (exact) mass is 346 g/mol. The molecule has 6 heteroatoms. The fourth-order valence-corrected chi connectivity index (χ4v) is 3.14. The average molecular weight is 346 g/mol. The van der Waals surface area contributed by atoms with Crippen LogP contribution in [0.25, 0.3) is 10.9 Å². The highest BCUT2D eigenvalue weighted by atomic mass is 32.2. The molecular weight excluding hydrogens is 324 g/mol. The van der Waals surface area contributed by atoms with Crippen molar-refractivity contribution in [2.75, 3.05) is 20.0 Å². The fourth-order valence-electron chi connectivity index (χ4n) is 2.27. The van der Waals surface area contributed by atoms with E-state index in [-0.39, 0.29) is 22.5 Å². The Bertz CT molecular complexity index is 787. The van der Waals surface area contributed by atoms with Crippen LogP contribution in [0.4, 0.5) is 0 Å². The van der Waals surface area contributed by atoms with Gasteiger partial charge >= 0.3 is 0 Å². The standard InChI is InChI=1S/C18H22N2O3S/c1-10(2)14(21)9-24-18(19)13-8-16(23-5)12-6-7-15(22-4)11(3)17(12)20-13/h6-8,10,19H,9H2,1-5H3. The van der Waals surface area contributed by atoms with E-state index in [9.17, 15) is 4.79 Å². The van der Waals surface area contributed by atoms with E-state index < -0.39 is 0 Å². The number of ketones is 1. The maximum Gasteiger partial charge on any atom is 0.145 e. The summed E-state index contributed by atoms with van der Waals surface area (Å²) in [7, 11) is 3.21. The fraction of sp³-hybridized carbons (Fsp3) is 0.389. The van der Waals surface area contributed by atoms with Crippen LogP contribution in [0.3, 0.4) is 0 Å². The molecule has 2 rings (SSSR count). The molecule has 0 spiro atoms. The van der Waals surface area contributed by atoms with Gasteiger partial charge in [-0.15, -0.1) is 0 Å². The van der Waals surface area contributed by atoms with Crippen molar-refractivity contribution in [3.05, 3.63) is 29.5 Å². The number of hydrogen-bond acceptors (Lipinski definition) is 6. The Hall–Kier alpha value is -2.08. The first-order valence-electron chi connectivity index (χ1n) is 7.65. The maximum atomic E-state index is 11.8. The van der Waals surface area contributed by atoms with E-state index in [1.165, 1.54) is 11.8 Å². The molecule has 0 aliphatic carbocycles. The van der Waals surface area contributed by atoms with E-state index in [1.54, 1.807) is 20.3 Å². The summed E-state index contributed by atoms with van der Waals surface area (Å²) in [4.78, 5) is 16.4. The SMILES string of the molecule is COc1ccc2c(OC)cc(C(=N)SCC(=O)C(C)C)nc2c1C. The predicted octanol–water partition coefficient (Wildman–Crippen LogP) is 3.84. The highest BCUT2D eigenvalue weighted by Gasteiger charge is 2.16. The van der Waals surface area contributed by atoms with Gasteiger partial charge in [0.1, 0.15) is 22.3 Å². The second kappa shape index (κ2) is 7.66. The lowest BCUT2D eigenvalue weighted by Crippen LogP contribution is -2.12. The normalized spacial score (nSPS) is 10.9. The zero-order valence-corrected chi connectivity index (χ0v) is 15.4. The van der Waals surface area contributed by atoms with E-state index in [0.717, 1.165) is 22.2 Å². The lowest BCUT2D eigenvalue weighted by Gasteiger charge is -2.13. The summed E-state index contributed by atoms with van der Waals surface area (Å²) in [5.74, 6) is 1.76. The topological polar surface area (TPSA) is 72.3 Å². The number of rotatable bonds is 6. The molecule has 0 amide bonds. The third kappa shape index (κ3) is 3.70. The lowest BCUT2D eigenvalue weighted by molar-refractivity contribution is -0.119. The van der Waals surface area contributed by atoms with Gasteiger partial charge in [0.15, 0.2) is 0 Å². The number of carbonyl (C=O) groups is 1. The number of hydrogen-bond donors (Lipinski definition) is 1. The molecule has 0 bridgehead atoms. The number of Topliss-reactive ketones (excluding diaryl/α,β-unsaturated/α-hetero) is 1. The first-order valence-corrected chi connectivity index (χ1v) is 8.64. The van der Waals surface area contributed by atoms with Crippen LogP contribution in [0.2, 0.25) is 0 Å². The van der Waals surface area contributed by atoms with Crippen LogP contribution in [-0.2, 0) is 4.79 Å². The number of benzene rings is 1. The van der Waals surface area contributed by atoms with Crippen LogP contribution in [-0.4, -0.2) is 35.8 Å². The lowest BCUT2D eigenvalue weighted by atomic mass is 10.1. The number of aryl methyl sites for hydroxylation is 1. The largest absolute Gasteiger partial charge is 0.496 e. The summed E-state index contributed by atoms with van der Waals surface area (Å²) < 4.78 is 10.8. The molecule has 1 aromatic carbocycles. The maximum absolute atomic E-state index is 11.8. The molecule has 0 saturated heterocycles. The number of pyridine rings is 1. The third-order valence-corrected chi connectivity index (χ3v) is 4.75. The number of fused-ring (bicyclic) bond motifs is 1. The number of carbonyl (C=O) groups excluding carboxylic acids is 1. The first-order chi connectivity index (χ1) is 11.4. The number of ether oxygens (including phenoxy) is 2. The van der Waals surface area contributed by atoms with Crippen LogP contribution in [0, 0.1) is 18.3 Å². The first kappa shape index (κ1) is 18.3. The minimum Gasteiger partial charge on any atom is -0.496 e. The summed E-state index contributed by atoms with van der Waals surface area (Å²) in [6, 6.07) is 5.52. The summed E-state index contributed by atoms with van der Waals surface area (Å²) >= 11 is 1.19. The Kier molecular flexibility index (Phi) is 5.83. The average Bonchev–Trinajstić information content (AvgIpc) is 2.58. The molecule has 2 aromatic rings. The molecule has 0 unspecified atom stereocenters. The predicted molar refractivity (Wildman–Crippen MR) is 98.7 cm³/mol. The smallest absolute Gasteiger partial charge is 0.145 e. The summed E-state index contributed by atoms with van der Waals surface area (Å²) in [6.07, 6.45) is 0. The van der Waals surface area contributed by atoms with E-state index in [4.69, 9.17) is 14.9 Å². The van der Waals surface area contributed by atoms with Gasteiger partial charge in [-0.1, -0.05) is 25.6 Å². The molecule has 1 aromatic heterocycles. The molecule has 1 N–H and O–H groups in total. The second-order valence-corrected chi connectivity index (χ2v) is 6.72. The molecule has 5 nitrogen and oxygen atoms in total. The van der Waals surface area contributed by atoms with Gasteiger partial charge in [-0.3, -0.25) is 10.2 Å². The Balaban J connectivity index is 2.42. The van der Waals surface area contributed by atoms with Crippen LogP contribution < -0.4 is 9.47 Å². The van der Waals surface area contributed by atoms with Crippen molar-refractivity contribution in [1.29, 1.82) is 5.41 Å². The van der Waals surface area contributed by atoms with Gasteiger partial charge < -0.3 is 9.47 Å². The summed E-state index contributed by atoms with van der Waals surface area (Å²) in [5, 5.41) is 9.37. The van der Waals surface area contributed by atoms with Crippen molar-refractivity contribution in [2.45, 2.75) is 20.8 Å². The molecule has 0 aliphatic heterocycles. The minimum atomic E-state index is -0.0316. The molecule has 0 saturated carbocycles. The summed E-state index contributed by atoms with van der Waals surface area (Å²) in [6.45, 7) is 5.65. The van der Waals surface area contributed by atoms with Crippen molar-refractivity contribution in [1.82, 2.24) is 4.98 Å². The van der Waals surface area contributed by atoms with E-state index in [2.05, 4.69) is 4.98 Å². The Morgan fingerprint density at radius 2 is 1.92 bits per heavy atom. The number of aromatic nitrogens is 1. The van der Waals surface area contributed by atoms with Gasteiger partial charge in [0, 0.05) is 22.9 Å². The molecular formula is C18H22N2O3S. The van der Waals surface area contributed by atoms with Gasteiger partial charge in [0.05, 0.1) is 31.2 Å². The van der Waals surface area contributed by atoms with Crippen molar-refractivity contribution in [3.8, 4) is 11.5 Å². The van der Waals surface area contributed by atoms with Crippen LogP contribution in [0.15, 0.2) is 18.2 Å². The summed E-state index contributed by atoms with van der Waals surface area (Å²) in [5.41, 5.74) is 2.13. The molecule has 128 valence electrons. The van der Waals surface area contributed by atoms with Gasteiger partial charge in [-0.25, -0.2) is 4.98 Å². The van der Waals surface area contributed by atoms with Gasteiger partial charge in [0.2, 0.25) is 0 Å². The Morgan fingerprint density at radius 1 is 1.25 bits per heavy atom. The zero-order chi connectivity index (χ0) is 17.9. The number of nitrogens with one attached hydrogen (secondary N) is 1. The Labute approximate surface area is 146 Å². The highest BCUT2D eigenvalue weighted by molar-refractivity contribution is 8.14. The molecule has 24 heavy (non-hydrogen) atoms. The van der Waals surface area contributed by atoms with Crippen LogP contribution in [0.5, 0.6) is 11.5 Å². The Morgan fingerprint density at radius 3 is 2.50 bits per heavy atom. The quantitative estimate of drug-likeness (QED) is 0.635. The number of methoxy groups -OCH3 is 2. The molecule has 0 atom stereocenters. The van der Waals surface area contributed by atoms with Gasteiger partial charge in [-0.05, 0) is 19.1 Å². The van der Waals surface area contributed by atoms with Crippen molar-refractivity contribution < 1.29 is 14.3 Å².